The molecule has 0 aliphatic heterocycles. The van der Waals surface area contributed by atoms with Crippen LogP contribution in [0.3, 0.4) is 0 Å². The number of hydrogen-bond acceptors (Lipinski definition) is 3. The first-order valence-corrected chi connectivity index (χ1v) is 7.19. The van der Waals surface area contributed by atoms with Crippen LogP contribution in [0, 0.1) is 5.92 Å². The third-order valence-electron chi connectivity index (χ3n) is 3.21. The van der Waals surface area contributed by atoms with E-state index in [2.05, 4.69) is 5.32 Å². The Kier molecular flexibility index (Phi) is 6.68. The van der Waals surface area contributed by atoms with Gasteiger partial charge in [0.05, 0.1) is 12.1 Å². The van der Waals surface area contributed by atoms with Gasteiger partial charge in [-0.1, -0.05) is 44.2 Å². The van der Waals surface area contributed by atoms with Gasteiger partial charge in [0.2, 0.25) is 5.91 Å². The fourth-order valence-corrected chi connectivity index (χ4v) is 2.17. The number of nitrogens with one attached hydrogen (secondary N) is 1. The average Bonchev–Trinajstić information content (AvgIpc) is 2.38. The molecule has 1 aromatic rings. The molecular formula is C16H26N2O2. The largest absolute Gasteiger partial charge is 0.388 e. The summed E-state index contributed by atoms with van der Waals surface area (Å²) in [6.07, 6.45) is 0.567. The van der Waals surface area contributed by atoms with E-state index in [1.54, 1.807) is 0 Å². The molecule has 0 aliphatic carbocycles. The van der Waals surface area contributed by atoms with E-state index < -0.39 is 12.1 Å². The summed E-state index contributed by atoms with van der Waals surface area (Å²) in [6.45, 7) is 5.96. The molecule has 0 bridgehead atoms. The van der Waals surface area contributed by atoms with Crippen LogP contribution in [0.1, 0.15) is 45.3 Å². The SMILES string of the molecule is CC(C)C[C@H](N)C(=O)NC(C)CC(O)c1ccccc1. The van der Waals surface area contributed by atoms with Gasteiger partial charge in [-0.2, -0.15) is 0 Å². The van der Waals surface area contributed by atoms with Crippen molar-refractivity contribution >= 4 is 5.91 Å². The molecule has 0 heterocycles. The quantitative estimate of drug-likeness (QED) is 0.714. The zero-order valence-corrected chi connectivity index (χ0v) is 12.5. The highest BCUT2D eigenvalue weighted by molar-refractivity contribution is 5.81. The van der Waals surface area contributed by atoms with Crippen molar-refractivity contribution in [2.24, 2.45) is 11.7 Å². The van der Waals surface area contributed by atoms with Gasteiger partial charge in [0.25, 0.3) is 0 Å². The lowest BCUT2D eigenvalue weighted by atomic mass is 10.0. The summed E-state index contributed by atoms with van der Waals surface area (Å²) in [5.41, 5.74) is 6.70. The Labute approximate surface area is 121 Å². The highest BCUT2D eigenvalue weighted by atomic mass is 16.3. The number of hydrogen-bond donors (Lipinski definition) is 3. The lowest BCUT2D eigenvalue weighted by Gasteiger charge is -2.21. The topological polar surface area (TPSA) is 75.4 Å². The number of aliphatic hydroxyl groups excluding tert-OH is 1. The Bertz CT molecular complexity index is 406. The molecule has 1 amide bonds. The molecule has 112 valence electrons. The number of carbonyl (C=O) groups is 1. The van der Waals surface area contributed by atoms with Crippen molar-refractivity contribution in [1.29, 1.82) is 0 Å². The number of amides is 1. The van der Waals surface area contributed by atoms with Gasteiger partial charge in [-0.3, -0.25) is 4.79 Å². The Morgan fingerprint density at radius 2 is 1.80 bits per heavy atom. The first-order valence-electron chi connectivity index (χ1n) is 7.19. The molecule has 0 aliphatic rings. The molecule has 1 aromatic carbocycles. The molecule has 4 N–H and O–H groups in total. The lowest BCUT2D eigenvalue weighted by molar-refractivity contribution is -0.123. The van der Waals surface area contributed by atoms with Gasteiger partial charge in [0.15, 0.2) is 0 Å². The van der Waals surface area contributed by atoms with Crippen molar-refractivity contribution in [2.45, 2.75) is 51.8 Å². The molecule has 0 saturated carbocycles. The Balaban J connectivity index is 2.43. The minimum absolute atomic E-state index is 0.115. The Morgan fingerprint density at radius 3 is 2.35 bits per heavy atom. The summed E-state index contributed by atoms with van der Waals surface area (Å²) in [5, 5.41) is 13.0. The second-order valence-electron chi connectivity index (χ2n) is 5.81. The van der Waals surface area contributed by atoms with Crippen LogP contribution in [0.2, 0.25) is 0 Å². The third kappa shape index (κ3) is 5.72. The Hall–Kier alpha value is -1.39. The first-order chi connectivity index (χ1) is 9.40. The highest BCUT2D eigenvalue weighted by Crippen LogP contribution is 2.17. The average molecular weight is 278 g/mol. The molecule has 20 heavy (non-hydrogen) atoms. The minimum atomic E-state index is -0.576. The zero-order valence-electron chi connectivity index (χ0n) is 12.5. The summed E-state index contributed by atoms with van der Waals surface area (Å²) in [5.74, 6) is 0.243. The second kappa shape index (κ2) is 8.02. The molecule has 0 fully saturated rings. The molecule has 4 heteroatoms. The van der Waals surface area contributed by atoms with Crippen LogP contribution in [0.15, 0.2) is 30.3 Å². The molecule has 0 saturated heterocycles. The van der Waals surface area contributed by atoms with E-state index in [0.717, 1.165) is 5.56 Å². The van der Waals surface area contributed by atoms with Crippen LogP contribution < -0.4 is 11.1 Å². The second-order valence-corrected chi connectivity index (χ2v) is 5.81. The molecule has 2 unspecified atom stereocenters. The number of carbonyl (C=O) groups excluding carboxylic acids is 1. The maximum absolute atomic E-state index is 11.9. The van der Waals surface area contributed by atoms with Gasteiger partial charge in [0.1, 0.15) is 0 Å². The van der Waals surface area contributed by atoms with Crippen molar-refractivity contribution in [3.8, 4) is 0 Å². The van der Waals surface area contributed by atoms with Gasteiger partial charge < -0.3 is 16.2 Å². The van der Waals surface area contributed by atoms with Crippen molar-refractivity contribution in [3.63, 3.8) is 0 Å². The summed E-state index contributed by atoms with van der Waals surface area (Å²) in [7, 11) is 0. The maximum atomic E-state index is 11.9. The first kappa shape index (κ1) is 16.7. The molecule has 3 atom stereocenters. The van der Waals surface area contributed by atoms with Gasteiger partial charge in [-0.05, 0) is 31.2 Å². The molecule has 0 aromatic heterocycles. The normalized spacial score (nSPS) is 15.7. The molecular weight excluding hydrogens is 252 g/mol. The van der Waals surface area contributed by atoms with E-state index in [1.165, 1.54) is 0 Å². The van der Waals surface area contributed by atoms with Crippen LogP contribution >= 0.6 is 0 Å². The van der Waals surface area contributed by atoms with Gasteiger partial charge in [-0.25, -0.2) is 0 Å². The monoisotopic (exact) mass is 278 g/mol. The van der Waals surface area contributed by atoms with E-state index >= 15 is 0 Å². The molecule has 0 radical (unpaired) electrons. The van der Waals surface area contributed by atoms with E-state index in [-0.39, 0.29) is 11.9 Å². The summed E-state index contributed by atoms with van der Waals surface area (Å²) >= 11 is 0. The number of benzene rings is 1. The summed E-state index contributed by atoms with van der Waals surface area (Å²) in [6, 6.07) is 8.85. The van der Waals surface area contributed by atoms with E-state index in [0.29, 0.717) is 18.8 Å². The van der Waals surface area contributed by atoms with E-state index in [9.17, 15) is 9.90 Å². The smallest absolute Gasteiger partial charge is 0.237 e. The van der Waals surface area contributed by atoms with Crippen LogP contribution in [0.25, 0.3) is 0 Å². The zero-order chi connectivity index (χ0) is 15.1. The van der Waals surface area contributed by atoms with Crippen molar-refractivity contribution in [2.75, 3.05) is 0 Å². The number of rotatable bonds is 7. The minimum Gasteiger partial charge on any atom is -0.388 e. The Morgan fingerprint density at radius 1 is 1.20 bits per heavy atom. The number of nitrogens with two attached hydrogens (primary N) is 1. The molecule has 1 rings (SSSR count). The summed E-state index contributed by atoms with van der Waals surface area (Å²) in [4.78, 5) is 11.9. The number of aliphatic hydroxyl groups is 1. The fraction of sp³-hybridized carbons (Fsp3) is 0.562. The van der Waals surface area contributed by atoms with Gasteiger partial charge in [0, 0.05) is 6.04 Å². The van der Waals surface area contributed by atoms with Crippen molar-refractivity contribution in [3.05, 3.63) is 35.9 Å². The predicted molar refractivity (Wildman–Crippen MR) is 81.1 cm³/mol. The van der Waals surface area contributed by atoms with Gasteiger partial charge >= 0.3 is 0 Å². The van der Waals surface area contributed by atoms with Crippen LogP contribution in [0.4, 0.5) is 0 Å². The highest BCUT2D eigenvalue weighted by Gasteiger charge is 2.19. The third-order valence-corrected chi connectivity index (χ3v) is 3.21. The fourth-order valence-electron chi connectivity index (χ4n) is 2.17. The molecule has 4 nitrogen and oxygen atoms in total. The van der Waals surface area contributed by atoms with E-state index in [1.807, 2.05) is 51.1 Å². The van der Waals surface area contributed by atoms with Crippen molar-refractivity contribution in [1.82, 2.24) is 5.32 Å². The summed E-state index contributed by atoms with van der Waals surface area (Å²) < 4.78 is 0. The van der Waals surface area contributed by atoms with Crippen molar-refractivity contribution < 1.29 is 9.90 Å². The molecule has 0 spiro atoms. The lowest BCUT2D eigenvalue weighted by Crippen LogP contribution is -2.45. The standard InChI is InChI=1S/C16H26N2O2/c1-11(2)9-14(17)16(20)18-12(3)10-15(19)13-7-5-4-6-8-13/h4-8,11-12,14-15,19H,9-10,17H2,1-3H3,(H,18,20)/t12?,14-,15?/m0/s1. The van der Waals surface area contributed by atoms with Crippen LogP contribution in [0.5, 0.6) is 0 Å². The van der Waals surface area contributed by atoms with Crippen LogP contribution in [-0.2, 0) is 4.79 Å². The van der Waals surface area contributed by atoms with Gasteiger partial charge in [-0.15, -0.1) is 0 Å². The predicted octanol–water partition coefficient (Wildman–Crippen LogP) is 1.99. The van der Waals surface area contributed by atoms with E-state index in [4.69, 9.17) is 5.73 Å². The maximum Gasteiger partial charge on any atom is 0.237 e. The van der Waals surface area contributed by atoms with Crippen LogP contribution in [-0.4, -0.2) is 23.1 Å².